The molecule has 2 amide bonds. The summed E-state index contributed by atoms with van der Waals surface area (Å²) in [6.07, 6.45) is 3.25. The number of para-hydroxylation sites is 1. The molecule has 2 saturated heterocycles. The molecular weight excluding hydrogens is 488 g/mol. The number of hydrogen-bond acceptors (Lipinski definition) is 5. The number of anilines is 3. The van der Waals surface area contributed by atoms with Crippen LogP contribution >= 0.6 is 11.6 Å². The molecule has 0 radical (unpaired) electrons. The van der Waals surface area contributed by atoms with E-state index in [0.717, 1.165) is 37.2 Å². The van der Waals surface area contributed by atoms with Gasteiger partial charge in [0, 0.05) is 45.8 Å². The quantitative estimate of drug-likeness (QED) is 0.232. The second-order valence-corrected chi connectivity index (χ2v) is 10.2. The minimum Gasteiger partial charge on any atom is -0.355 e. The summed E-state index contributed by atoms with van der Waals surface area (Å²) in [6, 6.07) is 9.76. The molecule has 3 heterocycles. The molecule has 1 atom stereocenters. The Balaban J connectivity index is 1.83. The maximum Gasteiger partial charge on any atom is 0.246 e. The van der Waals surface area contributed by atoms with Gasteiger partial charge in [-0.1, -0.05) is 50.2 Å². The molecule has 2 aliphatic heterocycles. The molecule has 37 heavy (non-hydrogen) atoms. The van der Waals surface area contributed by atoms with E-state index in [2.05, 4.69) is 42.1 Å². The van der Waals surface area contributed by atoms with Crippen molar-refractivity contribution in [2.45, 2.75) is 39.2 Å². The number of amidine groups is 1. The van der Waals surface area contributed by atoms with Gasteiger partial charge in [0.2, 0.25) is 12.3 Å². The van der Waals surface area contributed by atoms with Gasteiger partial charge in [0.25, 0.3) is 0 Å². The number of benzene rings is 1. The second kappa shape index (κ2) is 11.3. The van der Waals surface area contributed by atoms with Crippen LogP contribution in [0.5, 0.6) is 0 Å². The van der Waals surface area contributed by atoms with E-state index < -0.39 is 0 Å². The molecule has 8 nitrogen and oxygen atoms in total. The first-order valence-corrected chi connectivity index (χ1v) is 13.1. The first-order valence-electron chi connectivity index (χ1n) is 12.7. The number of amides is 2. The van der Waals surface area contributed by atoms with Gasteiger partial charge in [0.1, 0.15) is 11.7 Å². The van der Waals surface area contributed by atoms with Crippen molar-refractivity contribution in [3.8, 4) is 0 Å². The minimum absolute atomic E-state index is 0.00864. The average Bonchev–Trinajstić information content (AvgIpc) is 2.86. The van der Waals surface area contributed by atoms with Gasteiger partial charge in [0.05, 0.1) is 16.3 Å². The van der Waals surface area contributed by atoms with Crippen molar-refractivity contribution in [3.63, 3.8) is 0 Å². The van der Waals surface area contributed by atoms with Crippen molar-refractivity contribution in [2.24, 2.45) is 4.99 Å². The van der Waals surface area contributed by atoms with Crippen LogP contribution in [0.25, 0.3) is 0 Å². The van der Waals surface area contributed by atoms with Crippen LogP contribution in [0.2, 0.25) is 5.02 Å². The smallest absolute Gasteiger partial charge is 0.246 e. The van der Waals surface area contributed by atoms with Gasteiger partial charge in [-0.3, -0.25) is 19.5 Å². The van der Waals surface area contributed by atoms with Gasteiger partial charge in [-0.05, 0) is 43.0 Å². The Morgan fingerprint density at radius 1 is 1.24 bits per heavy atom. The first kappa shape index (κ1) is 26.7. The Morgan fingerprint density at radius 3 is 2.54 bits per heavy atom. The molecule has 2 fully saturated rings. The lowest BCUT2D eigenvalue weighted by Gasteiger charge is -2.42. The number of halogens is 1. The highest BCUT2D eigenvalue weighted by Gasteiger charge is 2.32. The van der Waals surface area contributed by atoms with Gasteiger partial charge >= 0.3 is 0 Å². The summed E-state index contributed by atoms with van der Waals surface area (Å²) in [5.41, 5.74) is 2.50. The molecule has 196 valence electrons. The van der Waals surface area contributed by atoms with Crippen LogP contribution in [-0.2, 0) is 9.59 Å². The summed E-state index contributed by atoms with van der Waals surface area (Å²) in [6.45, 7) is 13.3. The van der Waals surface area contributed by atoms with Crippen LogP contribution in [-0.4, -0.2) is 78.7 Å². The summed E-state index contributed by atoms with van der Waals surface area (Å²) in [4.78, 5) is 42.3. The SMILES string of the molecule is C=CC(=O)N1CCN(C(=NC)c2cc(Cl)c(N3CCC3)nc2N(C=O)c2ccccc2C(C)C)C(C)C1. The van der Waals surface area contributed by atoms with Crippen LogP contribution in [0.4, 0.5) is 17.3 Å². The van der Waals surface area contributed by atoms with E-state index in [1.165, 1.54) is 6.08 Å². The monoisotopic (exact) mass is 522 g/mol. The van der Waals surface area contributed by atoms with Gasteiger partial charge in [-0.15, -0.1) is 0 Å². The third-order valence-corrected chi connectivity index (χ3v) is 7.36. The molecule has 1 aromatic heterocycles. The van der Waals surface area contributed by atoms with E-state index in [1.54, 1.807) is 16.8 Å². The number of piperazine rings is 1. The molecule has 0 N–H and O–H groups in total. The third-order valence-electron chi connectivity index (χ3n) is 7.08. The summed E-state index contributed by atoms with van der Waals surface area (Å²) < 4.78 is 0. The number of pyridine rings is 1. The lowest BCUT2D eigenvalue weighted by Crippen LogP contribution is -2.55. The zero-order valence-corrected chi connectivity index (χ0v) is 22.8. The summed E-state index contributed by atoms with van der Waals surface area (Å²) in [7, 11) is 1.73. The van der Waals surface area contributed by atoms with Crippen LogP contribution < -0.4 is 9.80 Å². The Kier molecular flexibility index (Phi) is 8.17. The normalized spacial score (nSPS) is 18.1. The Morgan fingerprint density at radius 2 is 1.97 bits per heavy atom. The molecule has 2 aromatic rings. The average molecular weight is 523 g/mol. The Labute approximate surface area is 224 Å². The van der Waals surface area contributed by atoms with Crippen molar-refractivity contribution in [2.75, 3.05) is 49.6 Å². The van der Waals surface area contributed by atoms with E-state index >= 15 is 0 Å². The van der Waals surface area contributed by atoms with Gasteiger partial charge in [-0.25, -0.2) is 4.98 Å². The topological polar surface area (TPSA) is 72.4 Å². The van der Waals surface area contributed by atoms with E-state index in [1.807, 2.05) is 30.3 Å². The summed E-state index contributed by atoms with van der Waals surface area (Å²) in [5, 5.41) is 0.524. The number of carbonyl (C=O) groups is 2. The standard InChI is InChI=1S/C28H35ClN6O2/c1-6-25(37)33-14-15-34(20(4)17-33)26(30-5)22-16-23(29)28(32-12-9-13-32)31-27(22)35(18-36)24-11-8-7-10-21(24)19(2)3/h6-8,10-11,16,18-20H,1,9,12-15,17H2,2-5H3. The molecule has 4 rings (SSSR count). The number of hydrogen-bond donors (Lipinski definition) is 0. The largest absolute Gasteiger partial charge is 0.355 e. The zero-order chi connectivity index (χ0) is 26.7. The fourth-order valence-corrected chi connectivity index (χ4v) is 5.26. The maximum atomic E-state index is 12.7. The molecule has 0 saturated carbocycles. The van der Waals surface area contributed by atoms with Crippen molar-refractivity contribution in [1.29, 1.82) is 0 Å². The summed E-state index contributed by atoms with van der Waals surface area (Å²) in [5.74, 6) is 1.98. The number of rotatable bonds is 7. The molecular formula is C28H35ClN6O2. The molecule has 0 aliphatic carbocycles. The molecule has 1 aromatic carbocycles. The number of aromatic nitrogens is 1. The number of carbonyl (C=O) groups excluding carboxylic acids is 2. The molecule has 0 bridgehead atoms. The van der Waals surface area contributed by atoms with Gasteiger partial charge < -0.3 is 14.7 Å². The fraction of sp³-hybridized carbons (Fsp3) is 0.429. The van der Waals surface area contributed by atoms with Crippen LogP contribution in [0.1, 0.15) is 44.2 Å². The van der Waals surface area contributed by atoms with E-state index in [9.17, 15) is 9.59 Å². The minimum atomic E-state index is -0.0804. The highest BCUT2D eigenvalue weighted by molar-refractivity contribution is 6.33. The maximum absolute atomic E-state index is 12.7. The first-order chi connectivity index (χ1) is 17.8. The van der Waals surface area contributed by atoms with Gasteiger partial charge in [-0.2, -0.15) is 0 Å². The van der Waals surface area contributed by atoms with Crippen molar-refractivity contribution in [1.82, 2.24) is 14.8 Å². The van der Waals surface area contributed by atoms with E-state index in [0.29, 0.717) is 47.7 Å². The van der Waals surface area contributed by atoms with E-state index in [4.69, 9.17) is 16.6 Å². The zero-order valence-electron chi connectivity index (χ0n) is 22.0. The number of nitrogens with zero attached hydrogens (tertiary/aromatic N) is 6. The van der Waals surface area contributed by atoms with E-state index in [-0.39, 0.29) is 17.9 Å². The molecule has 0 spiro atoms. The molecule has 2 aliphatic rings. The lowest BCUT2D eigenvalue weighted by atomic mass is 10.00. The Bertz CT molecular complexity index is 1210. The predicted molar refractivity (Wildman–Crippen MR) is 150 cm³/mol. The third kappa shape index (κ3) is 5.21. The van der Waals surface area contributed by atoms with Crippen molar-refractivity contribution < 1.29 is 9.59 Å². The van der Waals surface area contributed by atoms with Crippen molar-refractivity contribution >= 4 is 47.1 Å². The highest BCUT2D eigenvalue weighted by atomic mass is 35.5. The second-order valence-electron chi connectivity index (χ2n) is 9.77. The Hall–Kier alpha value is -3.39. The molecule has 1 unspecified atom stereocenters. The molecule has 9 heteroatoms. The number of aliphatic imine (C=N–C) groups is 1. The highest BCUT2D eigenvalue weighted by Crippen LogP contribution is 2.38. The van der Waals surface area contributed by atoms with Gasteiger partial charge in [0.15, 0.2) is 5.82 Å². The van der Waals surface area contributed by atoms with Crippen molar-refractivity contribution in [3.05, 3.63) is 59.1 Å². The lowest BCUT2D eigenvalue weighted by molar-refractivity contribution is -0.128. The summed E-state index contributed by atoms with van der Waals surface area (Å²) >= 11 is 6.80. The van der Waals surface area contributed by atoms with Crippen LogP contribution in [0.15, 0.2) is 48.0 Å². The predicted octanol–water partition coefficient (Wildman–Crippen LogP) is 4.46. The van der Waals surface area contributed by atoms with Crippen LogP contribution in [0, 0.1) is 0 Å². The van der Waals surface area contributed by atoms with Crippen LogP contribution in [0.3, 0.4) is 0 Å². The fourth-order valence-electron chi connectivity index (χ4n) is 4.99.